The van der Waals surface area contributed by atoms with Crippen LogP contribution in [0, 0.1) is 41.9 Å². The molecule has 0 fully saturated rings. The highest BCUT2D eigenvalue weighted by atomic mass is 14.3. The molecule has 0 saturated heterocycles. The van der Waals surface area contributed by atoms with Crippen LogP contribution in [-0.4, -0.2) is 0 Å². The van der Waals surface area contributed by atoms with Gasteiger partial charge in [-0.3, -0.25) is 0 Å². The van der Waals surface area contributed by atoms with Gasteiger partial charge in [-0.1, -0.05) is 17.8 Å². The van der Waals surface area contributed by atoms with E-state index in [1.54, 1.807) is 0 Å². The van der Waals surface area contributed by atoms with Gasteiger partial charge in [-0.15, -0.1) is 18.8 Å². The summed E-state index contributed by atoms with van der Waals surface area (Å²) in [6.45, 7) is 0. The van der Waals surface area contributed by atoms with E-state index in [1.165, 1.54) is 0 Å². The zero-order chi connectivity index (χ0) is 6.04. The standard InChI is InChI=1S/C8H4/c1-3-5-8(4-2)6-7-8/h1-2H,5H2. The van der Waals surface area contributed by atoms with Gasteiger partial charge in [0, 0.05) is 6.42 Å². The van der Waals surface area contributed by atoms with E-state index < -0.39 is 0 Å². The van der Waals surface area contributed by atoms with Gasteiger partial charge in [-0.2, -0.15) is 0 Å². The molecule has 0 heterocycles. The van der Waals surface area contributed by atoms with Crippen molar-refractivity contribution in [1.29, 1.82) is 0 Å². The van der Waals surface area contributed by atoms with E-state index in [2.05, 4.69) is 23.7 Å². The molecule has 0 spiro atoms. The summed E-state index contributed by atoms with van der Waals surface area (Å²) in [5, 5.41) is 0. The average Bonchev–Trinajstić information content (AvgIpc) is 2.50. The van der Waals surface area contributed by atoms with Crippen LogP contribution in [0.4, 0.5) is 0 Å². The fraction of sp³-hybridized carbons (Fsp3) is 0.250. The third-order valence-electron chi connectivity index (χ3n) is 1.04. The molecule has 0 atom stereocenters. The second-order valence-electron chi connectivity index (χ2n) is 1.68. The maximum Gasteiger partial charge on any atom is 0.162 e. The van der Waals surface area contributed by atoms with Crippen molar-refractivity contribution in [3.63, 3.8) is 0 Å². The zero-order valence-corrected chi connectivity index (χ0v) is 4.36. The van der Waals surface area contributed by atoms with Gasteiger partial charge >= 0.3 is 0 Å². The van der Waals surface area contributed by atoms with Crippen LogP contribution < -0.4 is 0 Å². The Morgan fingerprint density at radius 3 is 2.12 bits per heavy atom. The summed E-state index contributed by atoms with van der Waals surface area (Å²) < 4.78 is 0. The lowest BCUT2D eigenvalue weighted by molar-refractivity contribution is 0.812. The highest BCUT2D eigenvalue weighted by molar-refractivity contribution is 5.51. The minimum Gasteiger partial charge on any atom is -0.120 e. The van der Waals surface area contributed by atoms with Gasteiger partial charge in [0.25, 0.3) is 0 Å². The predicted octanol–water partition coefficient (Wildman–Crippen LogP) is 0.646. The maximum absolute atomic E-state index is 5.08. The summed E-state index contributed by atoms with van der Waals surface area (Å²) in [4.78, 5) is 0. The monoisotopic (exact) mass is 100 g/mol. The van der Waals surface area contributed by atoms with E-state index in [4.69, 9.17) is 12.8 Å². The Bertz CT molecular complexity index is 226. The third kappa shape index (κ3) is 0.556. The molecular formula is C8H4. The molecular weight excluding hydrogens is 96.1 g/mol. The molecule has 1 rings (SSSR count). The molecule has 8 heavy (non-hydrogen) atoms. The third-order valence-corrected chi connectivity index (χ3v) is 1.04. The van der Waals surface area contributed by atoms with Gasteiger partial charge in [0.05, 0.1) is 0 Å². The summed E-state index contributed by atoms with van der Waals surface area (Å²) in [6.07, 6.45) is 10.6. The van der Waals surface area contributed by atoms with Crippen molar-refractivity contribution in [3.8, 4) is 36.5 Å². The molecule has 0 amide bonds. The summed E-state index contributed by atoms with van der Waals surface area (Å²) in [5.41, 5.74) is -0.366. The quantitative estimate of drug-likeness (QED) is 0.424. The summed E-state index contributed by atoms with van der Waals surface area (Å²) in [6, 6.07) is 0. The fourth-order valence-electron chi connectivity index (χ4n) is 0.440. The van der Waals surface area contributed by atoms with Crippen LogP contribution >= 0.6 is 0 Å². The van der Waals surface area contributed by atoms with E-state index in [0.717, 1.165) is 0 Å². The van der Waals surface area contributed by atoms with E-state index in [9.17, 15) is 0 Å². The molecule has 0 heteroatoms. The number of terminal acetylenes is 2. The average molecular weight is 100 g/mol. The van der Waals surface area contributed by atoms with E-state index in [1.807, 2.05) is 0 Å². The summed E-state index contributed by atoms with van der Waals surface area (Å²) in [7, 11) is 0. The molecule has 0 aliphatic heterocycles. The zero-order valence-electron chi connectivity index (χ0n) is 4.36. The van der Waals surface area contributed by atoms with Crippen LogP contribution in [0.2, 0.25) is 0 Å². The Balaban J connectivity index is 2.51. The Morgan fingerprint density at radius 1 is 1.38 bits per heavy atom. The normalized spacial score (nSPS) is 16.8. The Morgan fingerprint density at radius 2 is 2.00 bits per heavy atom. The molecule has 0 saturated carbocycles. The smallest absolute Gasteiger partial charge is 0.120 e. The minimum atomic E-state index is -0.366. The second-order valence-corrected chi connectivity index (χ2v) is 1.68. The van der Waals surface area contributed by atoms with Crippen LogP contribution in [0.3, 0.4) is 0 Å². The number of hydrogen-bond acceptors (Lipinski definition) is 0. The van der Waals surface area contributed by atoms with Crippen LogP contribution in [0.15, 0.2) is 0 Å². The lowest BCUT2D eigenvalue weighted by Gasteiger charge is -1.95. The molecule has 0 aromatic carbocycles. The Labute approximate surface area is 49.3 Å². The highest BCUT2D eigenvalue weighted by Gasteiger charge is 2.29. The van der Waals surface area contributed by atoms with Gasteiger partial charge in [0.2, 0.25) is 0 Å². The number of rotatable bonds is 1. The molecule has 0 unspecified atom stereocenters. The number of hydrogen-bond donors (Lipinski definition) is 0. The molecule has 1 aliphatic carbocycles. The first-order valence-electron chi connectivity index (χ1n) is 2.28. The molecule has 0 N–H and O–H groups in total. The van der Waals surface area contributed by atoms with Crippen LogP contribution in [0.25, 0.3) is 0 Å². The van der Waals surface area contributed by atoms with Gasteiger partial charge in [0.1, 0.15) is 0 Å². The van der Waals surface area contributed by atoms with Crippen LogP contribution in [-0.2, 0) is 0 Å². The van der Waals surface area contributed by atoms with Crippen molar-refractivity contribution in [1.82, 2.24) is 0 Å². The molecule has 36 valence electrons. The van der Waals surface area contributed by atoms with Gasteiger partial charge in [-0.25, -0.2) is 0 Å². The molecule has 1 aliphatic rings. The van der Waals surface area contributed by atoms with Crippen molar-refractivity contribution >= 4 is 0 Å². The second kappa shape index (κ2) is 1.33. The highest BCUT2D eigenvalue weighted by Crippen LogP contribution is 2.27. The maximum atomic E-state index is 5.08. The largest absolute Gasteiger partial charge is 0.162 e. The summed E-state index contributed by atoms with van der Waals surface area (Å²) in [5.74, 6) is 10.5. The lowest BCUT2D eigenvalue weighted by atomic mass is 10.0. The van der Waals surface area contributed by atoms with Crippen molar-refractivity contribution in [2.75, 3.05) is 0 Å². The minimum absolute atomic E-state index is 0.366. The molecule has 0 aromatic rings. The first-order valence-corrected chi connectivity index (χ1v) is 2.28. The first-order chi connectivity index (χ1) is 3.83. The molecule has 0 nitrogen and oxygen atoms in total. The topological polar surface area (TPSA) is 0 Å². The van der Waals surface area contributed by atoms with Gasteiger partial charge < -0.3 is 0 Å². The van der Waals surface area contributed by atoms with Gasteiger partial charge in [-0.05, 0) is 0 Å². The summed E-state index contributed by atoms with van der Waals surface area (Å²) >= 11 is 0. The molecule has 0 radical (unpaired) electrons. The SMILES string of the molecule is C#CCC1(C#C)C#C1. The molecule has 0 aromatic heterocycles. The van der Waals surface area contributed by atoms with Crippen molar-refractivity contribution in [3.05, 3.63) is 0 Å². The van der Waals surface area contributed by atoms with Crippen molar-refractivity contribution < 1.29 is 0 Å². The van der Waals surface area contributed by atoms with E-state index in [-0.39, 0.29) is 5.41 Å². The van der Waals surface area contributed by atoms with Crippen LogP contribution in [0.5, 0.6) is 0 Å². The Hall–Kier alpha value is -1.32. The molecule has 0 bridgehead atoms. The predicted molar refractivity (Wildman–Crippen MR) is 32.5 cm³/mol. The Kier molecular flexibility index (Phi) is 0.802. The van der Waals surface area contributed by atoms with Gasteiger partial charge in [0.15, 0.2) is 5.41 Å². The van der Waals surface area contributed by atoms with Crippen LogP contribution in [0.1, 0.15) is 6.42 Å². The lowest BCUT2D eigenvalue weighted by Crippen LogP contribution is -1.97. The fourth-order valence-corrected chi connectivity index (χ4v) is 0.440. The van der Waals surface area contributed by atoms with E-state index in [0.29, 0.717) is 6.42 Å². The van der Waals surface area contributed by atoms with Crippen molar-refractivity contribution in [2.24, 2.45) is 5.41 Å². The first kappa shape index (κ1) is 4.83. The van der Waals surface area contributed by atoms with Crippen molar-refractivity contribution in [2.45, 2.75) is 6.42 Å². The van der Waals surface area contributed by atoms with E-state index >= 15 is 0 Å².